The number of nitriles is 1. The standard InChI is InChI=1S/C17H18N2O/c1-2-16(19)15-9-5-6-10-17(15)20-12-14-8-4-3-7-13(14)11-18/h3-10,16H,2,12,19H2,1H3/t16-/m1/s1. The molecule has 2 aromatic carbocycles. The fraction of sp³-hybridized carbons (Fsp3) is 0.235. The molecule has 1 atom stereocenters. The lowest BCUT2D eigenvalue weighted by atomic mass is 10.0. The molecule has 2 rings (SSSR count). The summed E-state index contributed by atoms with van der Waals surface area (Å²) in [7, 11) is 0. The Morgan fingerprint density at radius 2 is 1.85 bits per heavy atom. The van der Waals surface area contributed by atoms with Gasteiger partial charge in [0.05, 0.1) is 11.6 Å². The first-order valence-corrected chi connectivity index (χ1v) is 6.71. The molecule has 0 bridgehead atoms. The van der Waals surface area contributed by atoms with Crippen molar-refractivity contribution in [1.29, 1.82) is 5.26 Å². The smallest absolute Gasteiger partial charge is 0.124 e. The normalized spacial score (nSPS) is 11.7. The maximum atomic E-state index is 9.07. The number of hydrogen-bond donors (Lipinski definition) is 1. The molecule has 2 aromatic rings. The highest BCUT2D eigenvalue weighted by Crippen LogP contribution is 2.26. The van der Waals surface area contributed by atoms with Gasteiger partial charge in [-0.15, -0.1) is 0 Å². The lowest BCUT2D eigenvalue weighted by Gasteiger charge is -2.16. The highest BCUT2D eigenvalue weighted by atomic mass is 16.5. The molecule has 0 heterocycles. The number of nitrogens with two attached hydrogens (primary N) is 1. The largest absolute Gasteiger partial charge is 0.489 e. The van der Waals surface area contributed by atoms with E-state index in [2.05, 4.69) is 6.07 Å². The van der Waals surface area contributed by atoms with Gasteiger partial charge in [-0.2, -0.15) is 5.26 Å². The molecule has 2 N–H and O–H groups in total. The lowest BCUT2D eigenvalue weighted by molar-refractivity contribution is 0.300. The van der Waals surface area contributed by atoms with Gasteiger partial charge in [-0.25, -0.2) is 0 Å². The molecule has 0 aliphatic rings. The van der Waals surface area contributed by atoms with Gasteiger partial charge in [0.2, 0.25) is 0 Å². The van der Waals surface area contributed by atoms with Crippen LogP contribution in [0.5, 0.6) is 5.75 Å². The number of hydrogen-bond acceptors (Lipinski definition) is 3. The fourth-order valence-electron chi connectivity index (χ4n) is 2.05. The Kier molecular flexibility index (Phi) is 4.75. The van der Waals surface area contributed by atoms with Crippen LogP contribution in [0, 0.1) is 11.3 Å². The van der Waals surface area contributed by atoms with Crippen molar-refractivity contribution in [1.82, 2.24) is 0 Å². The molecule has 0 aliphatic heterocycles. The first-order valence-electron chi connectivity index (χ1n) is 6.71. The van der Waals surface area contributed by atoms with Crippen LogP contribution in [0.4, 0.5) is 0 Å². The predicted octanol–water partition coefficient (Wildman–Crippen LogP) is 3.55. The van der Waals surface area contributed by atoms with E-state index >= 15 is 0 Å². The van der Waals surface area contributed by atoms with Crippen molar-refractivity contribution < 1.29 is 4.74 Å². The first-order chi connectivity index (χ1) is 9.76. The highest BCUT2D eigenvalue weighted by Gasteiger charge is 2.10. The van der Waals surface area contributed by atoms with Crippen molar-refractivity contribution in [3.05, 3.63) is 65.2 Å². The summed E-state index contributed by atoms with van der Waals surface area (Å²) < 4.78 is 5.86. The third kappa shape index (κ3) is 3.17. The lowest BCUT2D eigenvalue weighted by Crippen LogP contribution is -2.11. The van der Waals surface area contributed by atoms with Crippen molar-refractivity contribution in [3.63, 3.8) is 0 Å². The van der Waals surface area contributed by atoms with E-state index in [1.165, 1.54) is 0 Å². The van der Waals surface area contributed by atoms with Gasteiger partial charge in [0.15, 0.2) is 0 Å². The third-order valence-electron chi connectivity index (χ3n) is 3.28. The molecule has 3 nitrogen and oxygen atoms in total. The van der Waals surface area contributed by atoms with Crippen molar-refractivity contribution in [2.75, 3.05) is 0 Å². The Bertz CT molecular complexity index is 616. The number of benzene rings is 2. The average molecular weight is 266 g/mol. The van der Waals surface area contributed by atoms with Crippen LogP contribution in [-0.4, -0.2) is 0 Å². The van der Waals surface area contributed by atoms with E-state index in [1.807, 2.05) is 49.4 Å². The van der Waals surface area contributed by atoms with Crippen molar-refractivity contribution in [2.24, 2.45) is 5.73 Å². The Morgan fingerprint density at radius 3 is 2.60 bits per heavy atom. The number of nitrogens with zero attached hydrogens (tertiary/aromatic N) is 1. The SMILES string of the molecule is CC[C@@H](N)c1ccccc1OCc1ccccc1C#N. The maximum absolute atomic E-state index is 9.07. The van der Waals surface area contributed by atoms with Gasteiger partial charge in [-0.1, -0.05) is 43.3 Å². The van der Waals surface area contributed by atoms with Crippen molar-refractivity contribution in [2.45, 2.75) is 26.0 Å². The summed E-state index contributed by atoms with van der Waals surface area (Å²) in [6, 6.07) is 17.4. The minimum atomic E-state index is -0.0302. The van der Waals surface area contributed by atoms with Crippen LogP contribution in [-0.2, 0) is 6.61 Å². The van der Waals surface area contributed by atoms with E-state index in [0.717, 1.165) is 23.3 Å². The molecule has 20 heavy (non-hydrogen) atoms. The molecule has 102 valence electrons. The molecule has 0 spiro atoms. The monoisotopic (exact) mass is 266 g/mol. The van der Waals surface area contributed by atoms with Gasteiger partial charge in [0.1, 0.15) is 12.4 Å². The molecule has 0 aliphatic carbocycles. The topological polar surface area (TPSA) is 59.0 Å². The maximum Gasteiger partial charge on any atom is 0.124 e. The summed E-state index contributed by atoms with van der Waals surface area (Å²) >= 11 is 0. The molecule has 0 fully saturated rings. The van der Waals surface area contributed by atoms with Crippen molar-refractivity contribution in [3.8, 4) is 11.8 Å². The van der Waals surface area contributed by atoms with Crippen LogP contribution in [0.1, 0.15) is 36.1 Å². The third-order valence-corrected chi connectivity index (χ3v) is 3.28. The van der Waals surface area contributed by atoms with Gasteiger partial charge in [0.25, 0.3) is 0 Å². The Morgan fingerprint density at radius 1 is 1.15 bits per heavy atom. The van der Waals surface area contributed by atoms with E-state index < -0.39 is 0 Å². The van der Waals surface area contributed by atoms with Gasteiger partial charge in [0, 0.05) is 17.2 Å². The molecule has 0 unspecified atom stereocenters. The highest BCUT2D eigenvalue weighted by molar-refractivity contribution is 5.39. The zero-order valence-corrected chi connectivity index (χ0v) is 11.5. The zero-order chi connectivity index (χ0) is 14.4. The first kappa shape index (κ1) is 14.1. The van der Waals surface area contributed by atoms with Crippen LogP contribution in [0.2, 0.25) is 0 Å². The minimum Gasteiger partial charge on any atom is -0.489 e. The number of para-hydroxylation sites is 1. The number of rotatable bonds is 5. The molecule has 0 radical (unpaired) electrons. The summed E-state index contributed by atoms with van der Waals surface area (Å²) in [4.78, 5) is 0. The van der Waals surface area contributed by atoms with Gasteiger partial charge in [-0.05, 0) is 18.6 Å². The predicted molar refractivity (Wildman–Crippen MR) is 79.2 cm³/mol. The molecule has 3 heteroatoms. The number of ether oxygens (including phenoxy) is 1. The summed E-state index contributed by atoms with van der Waals surface area (Å²) in [6.07, 6.45) is 0.856. The molecule has 0 aromatic heterocycles. The molecule has 0 saturated carbocycles. The summed E-state index contributed by atoms with van der Waals surface area (Å²) in [5, 5.41) is 9.07. The van der Waals surface area contributed by atoms with Crippen LogP contribution >= 0.6 is 0 Å². The summed E-state index contributed by atoms with van der Waals surface area (Å²) in [5.74, 6) is 0.787. The molecule has 0 amide bonds. The Balaban J connectivity index is 2.17. The summed E-state index contributed by atoms with van der Waals surface area (Å²) in [6.45, 7) is 2.42. The van der Waals surface area contributed by atoms with Crippen LogP contribution in [0.25, 0.3) is 0 Å². The Hall–Kier alpha value is -2.31. The zero-order valence-electron chi connectivity index (χ0n) is 11.5. The van der Waals surface area contributed by atoms with Crippen LogP contribution in [0.15, 0.2) is 48.5 Å². The van der Waals surface area contributed by atoms with Crippen molar-refractivity contribution >= 4 is 0 Å². The van der Waals surface area contributed by atoms with Gasteiger partial charge < -0.3 is 10.5 Å². The van der Waals surface area contributed by atoms with Gasteiger partial charge >= 0.3 is 0 Å². The van der Waals surface area contributed by atoms with E-state index in [4.69, 9.17) is 15.7 Å². The van der Waals surface area contributed by atoms with Crippen LogP contribution in [0.3, 0.4) is 0 Å². The fourth-order valence-corrected chi connectivity index (χ4v) is 2.05. The molecule has 0 saturated heterocycles. The van der Waals surface area contributed by atoms with E-state index in [9.17, 15) is 0 Å². The minimum absolute atomic E-state index is 0.0302. The van der Waals surface area contributed by atoms with E-state index in [1.54, 1.807) is 6.07 Å². The van der Waals surface area contributed by atoms with Gasteiger partial charge in [-0.3, -0.25) is 0 Å². The summed E-state index contributed by atoms with van der Waals surface area (Å²) in [5.41, 5.74) is 8.62. The quantitative estimate of drug-likeness (QED) is 0.900. The second-order valence-electron chi connectivity index (χ2n) is 4.61. The van der Waals surface area contributed by atoms with E-state index in [0.29, 0.717) is 12.2 Å². The molecular formula is C17H18N2O. The second kappa shape index (κ2) is 6.74. The van der Waals surface area contributed by atoms with E-state index in [-0.39, 0.29) is 6.04 Å². The average Bonchev–Trinajstić information content (AvgIpc) is 2.52. The van der Waals surface area contributed by atoms with Crippen LogP contribution < -0.4 is 10.5 Å². The Labute approximate surface area is 119 Å². The second-order valence-corrected chi connectivity index (χ2v) is 4.61. The molecular weight excluding hydrogens is 248 g/mol.